The van der Waals surface area contributed by atoms with Gasteiger partial charge in [-0.3, -0.25) is 4.79 Å². The zero-order valence-corrected chi connectivity index (χ0v) is 20.3. The highest BCUT2D eigenvalue weighted by molar-refractivity contribution is 7.21. The number of carbonyl (C=O) groups is 1. The zero-order chi connectivity index (χ0) is 23.1. The molecule has 33 heavy (non-hydrogen) atoms. The number of nitrogens with zero attached hydrogens (tertiary/aromatic N) is 1. The molecule has 0 spiro atoms. The molecule has 0 radical (unpaired) electrons. The number of halogens is 2. The number of hydrogen-bond donors (Lipinski definition) is 1. The molecule has 5 aromatic rings. The minimum Gasteiger partial charge on any atom is -0.436 e. The molecular weight excluding hydrogens is 475 g/mol. The number of nitrogens with one attached hydrogen (secondary N) is 1. The molecule has 1 N–H and O–H groups in total. The maximum Gasteiger partial charge on any atom is 0.267 e. The highest BCUT2D eigenvalue weighted by Gasteiger charge is 2.19. The summed E-state index contributed by atoms with van der Waals surface area (Å²) in [5, 5.41) is 4.61. The van der Waals surface area contributed by atoms with E-state index in [0.717, 1.165) is 33.2 Å². The van der Waals surface area contributed by atoms with E-state index in [0.29, 0.717) is 32.4 Å². The highest BCUT2D eigenvalue weighted by Crippen LogP contribution is 2.37. The molecule has 0 bridgehead atoms. The fourth-order valence-corrected chi connectivity index (χ4v) is 5.28. The standard InChI is InChI=1S/C26H20Cl2N2O2S/c1-3-14(2)15-9-11-21-20(12-15)30-26(32-21)16-8-10-18(27)19(13-16)29-25(31)24-23(28)17-6-4-5-7-22(17)33-24/h4-14H,3H2,1-2H3,(H,29,31). The molecule has 3 aromatic carbocycles. The number of rotatable bonds is 5. The van der Waals surface area contributed by atoms with Gasteiger partial charge in [-0.2, -0.15) is 0 Å². The summed E-state index contributed by atoms with van der Waals surface area (Å²) in [6, 6.07) is 19.1. The second-order valence-corrected chi connectivity index (χ2v) is 9.78. The molecule has 5 rings (SSSR count). The Kier molecular flexibility index (Phi) is 5.87. The normalized spacial score (nSPS) is 12.4. The van der Waals surface area contributed by atoms with Crippen LogP contribution in [-0.4, -0.2) is 10.9 Å². The lowest BCUT2D eigenvalue weighted by Gasteiger charge is -2.08. The summed E-state index contributed by atoms with van der Waals surface area (Å²) < 4.78 is 6.93. The number of anilines is 1. The van der Waals surface area contributed by atoms with Crippen LogP contribution in [0.4, 0.5) is 5.69 Å². The van der Waals surface area contributed by atoms with Gasteiger partial charge in [0.2, 0.25) is 5.89 Å². The minimum atomic E-state index is -0.309. The summed E-state index contributed by atoms with van der Waals surface area (Å²) in [6.07, 6.45) is 1.06. The number of fused-ring (bicyclic) bond motifs is 2. The lowest BCUT2D eigenvalue weighted by Crippen LogP contribution is -2.11. The molecule has 1 amide bonds. The van der Waals surface area contributed by atoms with E-state index >= 15 is 0 Å². The van der Waals surface area contributed by atoms with Gasteiger partial charge in [-0.05, 0) is 54.3 Å². The summed E-state index contributed by atoms with van der Waals surface area (Å²) in [7, 11) is 0. The number of aromatic nitrogens is 1. The quantitative estimate of drug-likeness (QED) is 0.265. The Bertz CT molecular complexity index is 1510. The Hall–Kier alpha value is -2.86. The van der Waals surface area contributed by atoms with Crippen molar-refractivity contribution in [3.05, 3.63) is 81.1 Å². The van der Waals surface area contributed by atoms with E-state index in [4.69, 9.17) is 27.6 Å². The molecule has 7 heteroatoms. The van der Waals surface area contributed by atoms with Crippen molar-refractivity contribution < 1.29 is 9.21 Å². The summed E-state index contributed by atoms with van der Waals surface area (Å²) in [6.45, 7) is 4.36. The van der Waals surface area contributed by atoms with Gasteiger partial charge in [0.05, 0.1) is 15.7 Å². The second-order valence-electron chi connectivity index (χ2n) is 7.95. The van der Waals surface area contributed by atoms with Crippen molar-refractivity contribution in [2.45, 2.75) is 26.2 Å². The Morgan fingerprint density at radius 2 is 1.94 bits per heavy atom. The van der Waals surface area contributed by atoms with Crippen molar-refractivity contribution in [3.63, 3.8) is 0 Å². The Morgan fingerprint density at radius 3 is 2.73 bits per heavy atom. The van der Waals surface area contributed by atoms with Crippen LogP contribution in [0.5, 0.6) is 0 Å². The average molecular weight is 495 g/mol. The summed E-state index contributed by atoms with van der Waals surface area (Å²) in [5.41, 5.74) is 3.94. The highest BCUT2D eigenvalue weighted by atomic mass is 35.5. The summed E-state index contributed by atoms with van der Waals surface area (Å²) >= 11 is 14.2. The molecular formula is C26H20Cl2N2O2S. The third kappa shape index (κ3) is 4.12. The average Bonchev–Trinajstić information content (AvgIpc) is 3.41. The van der Waals surface area contributed by atoms with E-state index in [9.17, 15) is 4.79 Å². The van der Waals surface area contributed by atoms with Crippen LogP contribution in [0.2, 0.25) is 10.0 Å². The van der Waals surface area contributed by atoms with Crippen molar-refractivity contribution in [2.75, 3.05) is 5.32 Å². The van der Waals surface area contributed by atoms with E-state index < -0.39 is 0 Å². The van der Waals surface area contributed by atoms with Gasteiger partial charge in [0.15, 0.2) is 5.58 Å². The lowest BCUT2D eigenvalue weighted by molar-refractivity contribution is 0.103. The summed E-state index contributed by atoms with van der Waals surface area (Å²) in [4.78, 5) is 18.1. The van der Waals surface area contributed by atoms with E-state index in [2.05, 4.69) is 36.3 Å². The Labute approximate surface area is 205 Å². The van der Waals surface area contributed by atoms with Gasteiger partial charge < -0.3 is 9.73 Å². The fourth-order valence-electron chi connectivity index (χ4n) is 3.70. The first-order chi connectivity index (χ1) is 15.9. The van der Waals surface area contributed by atoms with E-state index in [-0.39, 0.29) is 5.91 Å². The van der Waals surface area contributed by atoms with Crippen molar-refractivity contribution in [1.29, 1.82) is 0 Å². The molecule has 0 aliphatic rings. The van der Waals surface area contributed by atoms with Crippen LogP contribution in [0.3, 0.4) is 0 Å². The van der Waals surface area contributed by atoms with Crippen LogP contribution >= 0.6 is 34.5 Å². The molecule has 4 nitrogen and oxygen atoms in total. The Balaban J connectivity index is 1.46. The number of amides is 1. The number of oxazole rings is 1. The maximum absolute atomic E-state index is 13.0. The largest absolute Gasteiger partial charge is 0.436 e. The van der Waals surface area contributed by atoms with Gasteiger partial charge in [0.1, 0.15) is 10.4 Å². The molecule has 2 aromatic heterocycles. The van der Waals surface area contributed by atoms with Crippen LogP contribution in [0.25, 0.3) is 32.6 Å². The van der Waals surface area contributed by atoms with E-state index in [1.165, 1.54) is 16.9 Å². The van der Waals surface area contributed by atoms with Gasteiger partial charge >= 0.3 is 0 Å². The smallest absolute Gasteiger partial charge is 0.267 e. The SMILES string of the molecule is CCC(C)c1ccc2oc(-c3ccc(Cl)c(NC(=O)c4sc5ccccc5c4Cl)c3)nc2c1. The molecule has 166 valence electrons. The van der Waals surface area contributed by atoms with Crippen molar-refractivity contribution in [1.82, 2.24) is 4.98 Å². The third-order valence-corrected chi connectivity index (χ3v) is 7.80. The number of carbonyl (C=O) groups excluding carboxylic acids is 1. The maximum atomic E-state index is 13.0. The molecule has 0 aliphatic heterocycles. The monoisotopic (exact) mass is 494 g/mol. The molecule has 1 atom stereocenters. The van der Waals surface area contributed by atoms with Gasteiger partial charge in [0.25, 0.3) is 5.91 Å². The number of hydrogen-bond acceptors (Lipinski definition) is 4. The molecule has 0 fully saturated rings. The van der Waals surface area contributed by atoms with Crippen LogP contribution in [-0.2, 0) is 0 Å². The van der Waals surface area contributed by atoms with E-state index in [1.807, 2.05) is 36.4 Å². The van der Waals surface area contributed by atoms with Crippen molar-refractivity contribution in [3.8, 4) is 11.5 Å². The second kappa shape index (κ2) is 8.82. The molecule has 0 saturated carbocycles. The van der Waals surface area contributed by atoms with Crippen molar-refractivity contribution in [2.24, 2.45) is 0 Å². The molecule has 0 saturated heterocycles. The van der Waals surface area contributed by atoms with Gasteiger partial charge in [-0.1, -0.05) is 61.3 Å². The third-order valence-electron chi connectivity index (χ3n) is 5.80. The van der Waals surface area contributed by atoms with Gasteiger partial charge in [0, 0.05) is 15.6 Å². The first kappa shape index (κ1) is 22.0. The van der Waals surface area contributed by atoms with Crippen LogP contribution in [0.15, 0.2) is 65.1 Å². The lowest BCUT2D eigenvalue weighted by atomic mass is 9.98. The first-order valence-electron chi connectivity index (χ1n) is 10.6. The van der Waals surface area contributed by atoms with Crippen molar-refractivity contribution >= 4 is 67.3 Å². The number of benzene rings is 3. The predicted molar refractivity (Wildman–Crippen MR) is 138 cm³/mol. The first-order valence-corrected chi connectivity index (χ1v) is 12.2. The van der Waals surface area contributed by atoms with Crippen LogP contribution in [0, 0.1) is 0 Å². The van der Waals surface area contributed by atoms with Crippen LogP contribution < -0.4 is 5.32 Å². The zero-order valence-electron chi connectivity index (χ0n) is 18.0. The minimum absolute atomic E-state index is 0.309. The predicted octanol–water partition coefficient (Wildman–Crippen LogP) is 8.78. The number of thiophene rings is 1. The molecule has 1 unspecified atom stereocenters. The molecule has 0 aliphatic carbocycles. The molecule has 2 heterocycles. The van der Waals surface area contributed by atoms with E-state index in [1.54, 1.807) is 12.1 Å². The summed E-state index contributed by atoms with van der Waals surface area (Å²) in [5.74, 6) is 0.613. The van der Waals surface area contributed by atoms with Gasteiger partial charge in [-0.25, -0.2) is 4.98 Å². The van der Waals surface area contributed by atoms with Crippen LogP contribution in [0.1, 0.15) is 41.4 Å². The fraction of sp³-hybridized carbons (Fsp3) is 0.154. The topological polar surface area (TPSA) is 55.1 Å². The van der Waals surface area contributed by atoms with Gasteiger partial charge in [-0.15, -0.1) is 11.3 Å². The Morgan fingerprint density at radius 1 is 1.12 bits per heavy atom.